The Labute approximate surface area is 40.4 Å². The molecule has 0 amide bonds. The molecule has 0 rings (SSSR count). The average Bonchev–Trinajstić information content (AvgIpc) is 0.811. The van der Waals surface area contributed by atoms with Crippen LogP contribution >= 0.6 is 0 Å². The second-order valence-electron chi connectivity index (χ2n) is 0.492. The number of carboxylic acid groups (broad SMARTS) is 1. The van der Waals surface area contributed by atoms with E-state index in [1.165, 1.54) is 0 Å². The Morgan fingerprint density at radius 3 is 1.80 bits per heavy atom. The molecule has 0 heterocycles. The van der Waals surface area contributed by atoms with Gasteiger partial charge < -0.3 is 9.90 Å². The zero-order valence-corrected chi connectivity index (χ0v) is 3.69. The standard InChI is InChI=1S/C2H4O2.Co/c1-2(3)4;/h1H3,(H,3,4);/q;+1/p-1. The van der Waals surface area contributed by atoms with Crippen molar-refractivity contribution in [3.05, 3.63) is 0 Å². The first-order valence-electron chi connectivity index (χ1n) is 0.908. The normalized spacial score (nSPS) is 5.00. The molecule has 0 aliphatic heterocycles. The topological polar surface area (TPSA) is 40.1 Å². The number of carboxylic acids is 1. The summed E-state index contributed by atoms with van der Waals surface area (Å²) in [5.74, 6) is -1.08. The summed E-state index contributed by atoms with van der Waals surface area (Å²) >= 11 is 0. The van der Waals surface area contributed by atoms with Gasteiger partial charge in [-0.1, -0.05) is 0 Å². The number of aliphatic carboxylic acids is 1. The summed E-state index contributed by atoms with van der Waals surface area (Å²) in [5.41, 5.74) is 0. The molecule has 3 heteroatoms. The largest absolute Gasteiger partial charge is 1.00 e. The van der Waals surface area contributed by atoms with E-state index in [1.807, 2.05) is 0 Å². The molecule has 0 radical (unpaired) electrons. The average molecular weight is 118 g/mol. The molecule has 5 heavy (non-hydrogen) atoms. The maximum Gasteiger partial charge on any atom is 1.00 e. The second-order valence-corrected chi connectivity index (χ2v) is 0.492. The monoisotopic (exact) mass is 118 g/mol. The minimum Gasteiger partial charge on any atom is -0.550 e. The molecule has 0 aliphatic carbocycles. The fourth-order valence-corrected chi connectivity index (χ4v) is 0. The molecular formula is C2H3CoO2. The number of hydrogen-bond acceptors (Lipinski definition) is 2. The first-order chi connectivity index (χ1) is 1.73. The van der Waals surface area contributed by atoms with Crippen molar-refractivity contribution in [1.29, 1.82) is 0 Å². The summed E-state index contributed by atoms with van der Waals surface area (Å²) in [6.07, 6.45) is 0. The van der Waals surface area contributed by atoms with Gasteiger partial charge in [0.25, 0.3) is 0 Å². The molecule has 0 fully saturated rings. The van der Waals surface area contributed by atoms with Crippen molar-refractivity contribution >= 4 is 5.97 Å². The molecule has 0 aromatic carbocycles. The summed E-state index contributed by atoms with van der Waals surface area (Å²) < 4.78 is 0. The maximum absolute atomic E-state index is 8.89. The Morgan fingerprint density at radius 2 is 1.80 bits per heavy atom. The molecule has 0 saturated heterocycles. The predicted molar refractivity (Wildman–Crippen MR) is 10.7 cm³/mol. The molecular weight excluding hydrogens is 115 g/mol. The van der Waals surface area contributed by atoms with Crippen LogP contribution in [-0.4, -0.2) is 5.97 Å². The minimum atomic E-state index is -1.08. The third-order valence-corrected chi connectivity index (χ3v) is 0. The first kappa shape index (κ1) is 8.88. The molecule has 2 nitrogen and oxygen atoms in total. The Kier molecular flexibility index (Phi) is 7.06. The SMILES string of the molecule is CC(=O)[O-].[Co+]. The number of hydrogen-bond donors (Lipinski definition) is 0. The molecule has 0 unspecified atom stereocenters. The van der Waals surface area contributed by atoms with Gasteiger partial charge in [-0.2, -0.15) is 0 Å². The molecule has 0 aromatic rings. The van der Waals surface area contributed by atoms with E-state index in [1.54, 1.807) is 0 Å². The van der Waals surface area contributed by atoms with E-state index in [9.17, 15) is 0 Å². The van der Waals surface area contributed by atoms with Gasteiger partial charge >= 0.3 is 16.8 Å². The van der Waals surface area contributed by atoms with Crippen LogP contribution in [0.5, 0.6) is 0 Å². The van der Waals surface area contributed by atoms with E-state index < -0.39 is 5.97 Å². The zero-order chi connectivity index (χ0) is 3.58. The maximum atomic E-state index is 8.89. The summed E-state index contributed by atoms with van der Waals surface area (Å²) in [4.78, 5) is 8.89. The van der Waals surface area contributed by atoms with E-state index in [-0.39, 0.29) is 16.8 Å². The van der Waals surface area contributed by atoms with E-state index >= 15 is 0 Å². The molecule has 0 bridgehead atoms. The Balaban J connectivity index is 0. The van der Waals surface area contributed by atoms with Gasteiger partial charge in [-0.25, -0.2) is 0 Å². The minimum absolute atomic E-state index is 0. The van der Waals surface area contributed by atoms with Gasteiger partial charge in [-0.05, 0) is 6.92 Å². The fraction of sp³-hybridized carbons (Fsp3) is 0.500. The summed E-state index contributed by atoms with van der Waals surface area (Å²) in [7, 11) is 0. The van der Waals surface area contributed by atoms with Crippen molar-refractivity contribution in [1.82, 2.24) is 0 Å². The van der Waals surface area contributed by atoms with Crippen LogP contribution in [0.4, 0.5) is 0 Å². The number of carbonyl (C=O) groups is 1. The van der Waals surface area contributed by atoms with Gasteiger partial charge in [-0.15, -0.1) is 0 Å². The van der Waals surface area contributed by atoms with Crippen LogP contribution in [-0.2, 0) is 21.6 Å². The smallest absolute Gasteiger partial charge is 0.550 e. The molecule has 0 aliphatic rings. The van der Waals surface area contributed by atoms with Crippen LogP contribution in [0.1, 0.15) is 6.92 Å². The van der Waals surface area contributed by atoms with Crippen molar-refractivity contribution in [2.75, 3.05) is 0 Å². The van der Waals surface area contributed by atoms with Crippen LogP contribution in [0.15, 0.2) is 0 Å². The molecule has 0 aromatic heterocycles. The van der Waals surface area contributed by atoms with Gasteiger partial charge in [0.15, 0.2) is 0 Å². The Morgan fingerprint density at radius 1 is 1.80 bits per heavy atom. The quantitative estimate of drug-likeness (QED) is 0.398. The van der Waals surface area contributed by atoms with Gasteiger partial charge in [-0.3, -0.25) is 0 Å². The summed E-state index contributed by atoms with van der Waals surface area (Å²) in [6, 6.07) is 0. The van der Waals surface area contributed by atoms with Crippen molar-refractivity contribution in [3.63, 3.8) is 0 Å². The Hall–Kier alpha value is -0.0235. The van der Waals surface area contributed by atoms with E-state index in [0.29, 0.717) is 0 Å². The van der Waals surface area contributed by atoms with Crippen molar-refractivity contribution < 1.29 is 26.7 Å². The number of carbonyl (C=O) groups excluding carboxylic acids is 1. The first-order valence-corrected chi connectivity index (χ1v) is 0.908. The van der Waals surface area contributed by atoms with Crippen LogP contribution in [0.3, 0.4) is 0 Å². The van der Waals surface area contributed by atoms with Crippen LogP contribution in [0, 0.1) is 0 Å². The predicted octanol–water partition coefficient (Wildman–Crippen LogP) is -1.25. The second kappa shape index (κ2) is 3.98. The molecule has 0 atom stereocenters. The molecule has 0 saturated carbocycles. The van der Waals surface area contributed by atoms with Crippen molar-refractivity contribution in [3.8, 4) is 0 Å². The van der Waals surface area contributed by atoms with Crippen LogP contribution in [0.25, 0.3) is 0 Å². The summed E-state index contributed by atoms with van der Waals surface area (Å²) in [5, 5.41) is 8.89. The third-order valence-electron chi connectivity index (χ3n) is 0. The third kappa shape index (κ3) is 28100. The van der Waals surface area contributed by atoms with Crippen molar-refractivity contribution in [2.24, 2.45) is 0 Å². The molecule has 0 N–H and O–H groups in total. The van der Waals surface area contributed by atoms with Crippen LogP contribution in [0.2, 0.25) is 0 Å². The van der Waals surface area contributed by atoms with E-state index in [0.717, 1.165) is 6.92 Å². The molecule has 32 valence electrons. The zero-order valence-electron chi connectivity index (χ0n) is 2.65. The fourth-order valence-electron chi connectivity index (χ4n) is 0. The van der Waals surface area contributed by atoms with Gasteiger partial charge in [0.2, 0.25) is 0 Å². The summed E-state index contributed by atoms with van der Waals surface area (Å²) in [6.45, 7) is 0.972. The van der Waals surface area contributed by atoms with E-state index in [4.69, 9.17) is 9.90 Å². The Bertz CT molecular complexity index is 30.6. The van der Waals surface area contributed by atoms with E-state index in [2.05, 4.69) is 0 Å². The van der Waals surface area contributed by atoms with Crippen molar-refractivity contribution in [2.45, 2.75) is 6.92 Å². The van der Waals surface area contributed by atoms with Gasteiger partial charge in [0.05, 0.1) is 0 Å². The molecule has 0 spiro atoms. The van der Waals surface area contributed by atoms with Gasteiger partial charge in [0, 0.05) is 5.97 Å². The van der Waals surface area contributed by atoms with Gasteiger partial charge in [0.1, 0.15) is 0 Å². The number of rotatable bonds is 0. The van der Waals surface area contributed by atoms with Crippen LogP contribution < -0.4 is 5.11 Å².